The van der Waals surface area contributed by atoms with Crippen molar-refractivity contribution in [3.05, 3.63) is 23.9 Å². The highest BCUT2D eigenvalue weighted by atomic mass is 16.2. The van der Waals surface area contributed by atoms with Gasteiger partial charge in [0.25, 0.3) is 0 Å². The monoisotopic (exact) mass is 274 g/mol. The first kappa shape index (κ1) is 12.9. The van der Waals surface area contributed by atoms with Crippen LogP contribution in [0.5, 0.6) is 0 Å². The molecule has 2 fully saturated rings. The zero-order chi connectivity index (χ0) is 14.1. The maximum Gasteiger partial charge on any atom is 0.324 e. The van der Waals surface area contributed by atoms with Gasteiger partial charge in [0.05, 0.1) is 6.54 Å². The number of nitrogens with zero attached hydrogens (tertiary/aromatic N) is 3. The van der Waals surface area contributed by atoms with E-state index in [0.717, 1.165) is 31.7 Å². The number of hydrogen-bond donors (Lipinski definition) is 1. The summed E-state index contributed by atoms with van der Waals surface area (Å²) in [5.74, 6) is 0.864. The van der Waals surface area contributed by atoms with Crippen LogP contribution in [-0.4, -0.2) is 47.5 Å². The van der Waals surface area contributed by atoms with Gasteiger partial charge in [-0.3, -0.25) is 9.69 Å². The molecule has 0 saturated carbocycles. The second kappa shape index (κ2) is 5.11. The third-order valence-electron chi connectivity index (χ3n) is 3.93. The van der Waals surface area contributed by atoms with Crippen LogP contribution in [0.15, 0.2) is 18.3 Å². The van der Waals surface area contributed by atoms with Crippen molar-refractivity contribution in [1.82, 2.24) is 15.2 Å². The third kappa shape index (κ3) is 2.33. The first-order valence-electron chi connectivity index (χ1n) is 6.92. The number of carbonyl (C=O) groups excluding carboxylic acids is 2. The fourth-order valence-electron chi connectivity index (χ4n) is 2.85. The van der Waals surface area contributed by atoms with Crippen molar-refractivity contribution in [2.24, 2.45) is 0 Å². The van der Waals surface area contributed by atoms with Crippen LogP contribution >= 0.6 is 0 Å². The average molecular weight is 274 g/mol. The van der Waals surface area contributed by atoms with Crippen LogP contribution in [0.3, 0.4) is 0 Å². The largest absolute Gasteiger partial charge is 0.356 e. The number of rotatable bonds is 2. The van der Waals surface area contributed by atoms with Gasteiger partial charge < -0.3 is 10.2 Å². The predicted molar refractivity (Wildman–Crippen MR) is 74.5 cm³/mol. The maximum atomic E-state index is 11.7. The van der Waals surface area contributed by atoms with Gasteiger partial charge in [-0.1, -0.05) is 0 Å². The van der Waals surface area contributed by atoms with Crippen molar-refractivity contribution in [2.75, 3.05) is 24.5 Å². The molecule has 0 aliphatic carbocycles. The van der Waals surface area contributed by atoms with Crippen molar-refractivity contribution < 1.29 is 9.59 Å². The van der Waals surface area contributed by atoms with E-state index in [1.165, 1.54) is 10.5 Å². The second-order valence-corrected chi connectivity index (χ2v) is 5.33. The fraction of sp³-hybridized carbons (Fsp3) is 0.500. The van der Waals surface area contributed by atoms with Gasteiger partial charge in [0.15, 0.2) is 0 Å². The molecule has 0 radical (unpaired) electrons. The van der Waals surface area contributed by atoms with Crippen molar-refractivity contribution in [3.8, 4) is 0 Å². The lowest BCUT2D eigenvalue weighted by Gasteiger charge is -2.35. The molecule has 6 heteroatoms. The van der Waals surface area contributed by atoms with Crippen LogP contribution in [-0.2, 0) is 4.79 Å². The molecule has 3 rings (SSSR count). The number of urea groups is 1. The molecule has 1 aromatic rings. The van der Waals surface area contributed by atoms with Gasteiger partial charge >= 0.3 is 6.03 Å². The maximum absolute atomic E-state index is 11.7. The SMILES string of the molecule is Cc1ccnc(N2CCC(N3C(=O)CNC3=O)CC2)c1. The average Bonchev–Trinajstić information content (AvgIpc) is 2.78. The Labute approximate surface area is 117 Å². The van der Waals surface area contributed by atoms with Crippen LogP contribution in [0.25, 0.3) is 0 Å². The molecule has 20 heavy (non-hydrogen) atoms. The van der Waals surface area contributed by atoms with Crippen molar-refractivity contribution >= 4 is 17.8 Å². The van der Waals surface area contributed by atoms with Crippen molar-refractivity contribution in [3.63, 3.8) is 0 Å². The number of aromatic nitrogens is 1. The highest BCUT2D eigenvalue weighted by molar-refractivity contribution is 6.02. The summed E-state index contributed by atoms with van der Waals surface area (Å²) >= 11 is 0. The Kier molecular flexibility index (Phi) is 3.30. The van der Waals surface area contributed by atoms with E-state index in [-0.39, 0.29) is 24.5 Å². The lowest BCUT2D eigenvalue weighted by atomic mass is 10.0. The van der Waals surface area contributed by atoms with Gasteiger partial charge in [-0.05, 0) is 37.5 Å². The second-order valence-electron chi connectivity index (χ2n) is 5.33. The number of amides is 3. The number of carbonyl (C=O) groups is 2. The first-order valence-corrected chi connectivity index (χ1v) is 6.92. The minimum absolute atomic E-state index is 0.0195. The molecule has 0 unspecified atom stereocenters. The molecule has 0 spiro atoms. The van der Waals surface area contributed by atoms with Crippen LogP contribution < -0.4 is 10.2 Å². The third-order valence-corrected chi connectivity index (χ3v) is 3.93. The van der Waals surface area contributed by atoms with E-state index >= 15 is 0 Å². The van der Waals surface area contributed by atoms with Crippen LogP contribution in [0.4, 0.5) is 10.6 Å². The van der Waals surface area contributed by atoms with Crippen molar-refractivity contribution in [2.45, 2.75) is 25.8 Å². The predicted octanol–water partition coefficient (Wildman–Crippen LogP) is 0.911. The Bertz CT molecular complexity index is 522. The molecule has 1 N–H and O–H groups in total. The highest BCUT2D eigenvalue weighted by Gasteiger charge is 2.36. The number of pyridine rings is 1. The molecule has 2 aliphatic heterocycles. The molecule has 3 amide bonds. The summed E-state index contributed by atoms with van der Waals surface area (Å²) in [6.45, 7) is 3.82. The summed E-state index contributed by atoms with van der Waals surface area (Å²) in [6, 6.07) is 3.81. The standard InChI is InChI=1S/C14H18N4O2/c1-10-2-5-15-12(8-10)17-6-3-11(4-7-17)18-13(19)9-16-14(18)20/h2,5,8,11H,3-4,6-7,9H2,1H3,(H,16,20). The summed E-state index contributed by atoms with van der Waals surface area (Å²) in [7, 11) is 0. The zero-order valence-electron chi connectivity index (χ0n) is 11.5. The molecular formula is C14H18N4O2. The van der Waals surface area contributed by atoms with Gasteiger partial charge in [0.1, 0.15) is 5.82 Å². The lowest BCUT2D eigenvalue weighted by molar-refractivity contribution is -0.126. The Morgan fingerprint density at radius 2 is 2.05 bits per heavy atom. The first-order chi connectivity index (χ1) is 9.65. The topological polar surface area (TPSA) is 65.5 Å². The molecule has 0 atom stereocenters. The van der Waals surface area contributed by atoms with Gasteiger partial charge in [-0.2, -0.15) is 0 Å². The van der Waals surface area contributed by atoms with Gasteiger partial charge in [-0.25, -0.2) is 9.78 Å². The van der Waals surface area contributed by atoms with Gasteiger partial charge in [0, 0.05) is 25.3 Å². The zero-order valence-corrected chi connectivity index (χ0v) is 11.5. The molecular weight excluding hydrogens is 256 g/mol. The van der Waals surface area contributed by atoms with Crippen LogP contribution in [0.2, 0.25) is 0 Å². The number of aryl methyl sites for hydroxylation is 1. The van der Waals surface area contributed by atoms with Crippen LogP contribution in [0, 0.1) is 6.92 Å². The number of hydrogen-bond acceptors (Lipinski definition) is 4. The molecule has 3 heterocycles. The Balaban J connectivity index is 1.65. The Hall–Kier alpha value is -2.11. The molecule has 0 bridgehead atoms. The van der Waals surface area contributed by atoms with E-state index in [9.17, 15) is 9.59 Å². The normalized spacial score (nSPS) is 20.4. The molecule has 1 aromatic heterocycles. The minimum Gasteiger partial charge on any atom is -0.356 e. The molecule has 2 aliphatic rings. The molecule has 106 valence electrons. The van der Waals surface area contributed by atoms with E-state index in [2.05, 4.69) is 21.3 Å². The minimum atomic E-state index is -0.248. The summed E-state index contributed by atoms with van der Waals surface area (Å²) in [5.41, 5.74) is 1.19. The van der Waals surface area contributed by atoms with Crippen LogP contribution in [0.1, 0.15) is 18.4 Å². The van der Waals surface area contributed by atoms with E-state index in [0.29, 0.717) is 0 Å². The highest BCUT2D eigenvalue weighted by Crippen LogP contribution is 2.22. The summed E-state index contributed by atoms with van der Waals surface area (Å²) < 4.78 is 0. The smallest absolute Gasteiger partial charge is 0.324 e. The summed E-state index contributed by atoms with van der Waals surface area (Å²) in [5, 5.41) is 2.58. The number of piperidine rings is 1. The molecule has 2 saturated heterocycles. The lowest BCUT2D eigenvalue weighted by Crippen LogP contribution is -2.47. The van der Waals surface area contributed by atoms with Crippen molar-refractivity contribution in [1.29, 1.82) is 0 Å². The fourth-order valence-corrected chi connectivity index (χ4v) is 2.85. The van der Waals surface area contributed by atoms with Gasteiger partial charge in [0.2, 0.25) is 5.91 Å². The number of anilines is 1. The molecule has 0 aromatic carbocycles. The molecule has 6 nitrogen and oxygen atoms in total. The van der Waals surface area contributed by atoms with E-state index < -0.39 is 0 Å². The number of nitrogens with one attached hydrogen (secondary N) is 1. The Morgan fingerprint density at radius 3 is 2.65 bits per heavy atom. The Morgan fingerprint density at radius 1 is 1.30 bits per heavy atom. The summed E-state index contributed by atoms with van der Waals surface area (Å²) in [4.78, 5) is 31.3. The number of imide groups is 1. The quantitative estimate of drug-likeness (QED) is 0.814. The van der Waals surface area contributed by atoms with Gasteiger partial charge in [-0.15, -0.1) is 0 Å². The van der Waals surface area contributed by atoms with E-state index in [1.54, 1.807) is 0 Å². The van der Waals surface area contributed by atoms with E-state index in [1.807, 2.05) is 19.2 Å². The van der Waals surface area contributed by atoms with E-state index in [4.69, 9.17) is 0 Å². The summed E-state index contributed by atoms with van der Waals surface area (Å²) in [6.07, 6.45) is 3.41.